The van der Waals surface area contributed by atoms with Crippen LogP contribution in [0.25, 0.3) is 0 Å². The Morgan fingerprint density at radius 3 is 2.94 bits per heavy atom. The van der Waals surface area contributed by atoms with Crippen LogP contribution >= 0.6 is 0 Å². The fourth-order valence-electron chi connectivity index (χ4n) is 1.67. The number of carbonyl (C=O) groups excluding carboxylic acids is 2. The second-order valence-electron chi connectivity index (χ2n) is 3.71. The van der Waals surface area contributed by atoms with E-state index < -0.39 is 12.1 Å². The van der Waals surface area contributed by atoms with Crippen LogP contribution in [-0.4, -0.2) is 31.6 Å². The van der Waals surface area contributed by atoms with Crippen LogP contribution in [0.2, 0.25) is 0 Å². The van der Waals surface area contributed by atoms with Crippen molar-refractivity contribution in [2.45, 2.75) is 12.5 Å². The van der Waals surface area contributed by atoms with E-state index in [0.717, 1.165) is 11.3 Å². The van der Waals surface area contributed by atoms with E-state index in [1.165, 1.54) is 7.11 Å². The number of carbonyl (C=O) groups is 2. The zero-order chi connectivity index (χ0) is 12.3. The molecule has 0 fully saturated rings. The third kappa shape index (κ3) is 2.55. The smallest absolute Gasteiger partial charge is 0.325 e. The number of esters is 1. The minimum Gasteiger partial charge on any atom is -0.480 e. The van der Waals surface area contributed by atoms with Gasteiger partial charge in [0.1, 0.15) is 12.3 Å². The first-order valence-electron chi connectivity index (χ1n) is 5.30. The van der Waals surface area contributed by atoms with E-state index in [9.17, 15) is 9.59 Å². The summed E-state index contributed by atoms with van der Waals surface area (Å²) >= 11 is 0. The molecule has 0 spiro atoms. The predicted octanol–water partition coefficient (Wildman–Crippen LogP) is 0.279. The van der Waals surface area contributed by atoms with Gasteiger partial charge in [0.15, 0.2) is 6.10 Å². The summed E-state index contributed by atoms with van der Waals surface area (Å²) < 4.78 is 9.90. The number of nitrogens with one attached hydrogen (secondary N) is 1. The molecule has 1 atom stereocenters. The Labute approximate surface area is 98.7 Å². The second kappa shape index (κ2) is 4.86. The van der Waals surface area contributed by atoms with Crippen molar-refractivity contribution in [3.63, 3.8) is 0 Å². The molecule has 90 valence electrons. The van der Waals surface area contributed by atoms with Crippen LogP contribution < -0.4 is 10.1 Å². The molecule has 2 rings (SSSR count). The Morgan fingerprint density at radius 1 is 1.47 bits per heavy atom. The molecule has 1 aliphatic heterocycles. The lowest BCUT2D eigenvalue weighted by atomic mass is 10.1. The molecular formula is C12H13NO4. The fraction of sp³-hybridized carbons (Fsp3) is 0.333. The Bertz CT molecular complexity index is 419. The molecule has 0 unspecified atom stereocenters. The highest BCUT2D eigenvalue weighted by atomic mass is 16.5. The Hall–Kier alpha value is -2.04. The van der Waals surface area contributed by atoms with Crippen molar-refractivity contribution in [1.82, 2.24) is 5.32 Å². The minimum absolute atomic E-state index is 0.133. The van der Waals surface area contributed by atoms with Gasteiger partial charge in [-0.3, -0.25) is 9.59 Å². The molecule has 17 heavy (non-hydrogen) atoms. The lowest BCUT2D eigenvalue weighted by molar-refractivity contribution is -0.141. The van der Waals surface area contributed by atoms with Gasteiger partial charge >= 0.3 is 5.97 Å². The van der Waals surface area contributed by atoms with Gasteiger partial charge in [-0.05, 0) is 11.6 Å². The van der Waals surface area contributed by atoms with Crippen LogP contribution in [0.3, 0.4) is 0 Å². The monoisotopic (exact) mass is 235 g/mol. The number of benzene rings is 1. The van der Waals surface area contributed by atoms with Crippen LogP contribution in [0.5, 0.6) is 5.75 Å². The van der Waals surface area contributed by atoms with E-state index in [4.69, 9.17) is 4.74 Å². The molecule has 1 heterocycles. The molecule has 1 aromatic rings. The van der Waals surface area contributed by atoms with E-state index >= 15 is 0 Å². The van der Waals surface area contributed by atoms with E-state index in [2.05, 4.69) is 10.1 Å². The Balaban J connectivity index is 1.90. The van der Waals surface area contributed by atoms with E-state index in [1.54, 1.807) is 0 Å². The summed E-state index contributed by atoms with van der Waals surface area (Å²) in [5.74, 6) is -0.0498. The van der Waals surface area contributed by atoms with Gasteiger partial charge in [0.25, 0.3) is 5.91 Å². The van der Waals surface area contributed by atoms with Gasteiger partial charge in [-0.1, -0.05) is 18.2 Å². The number of hydrogen-bond donors (Lipinski definition) is 1. The molecule has 1 N–H and O–H groups in total. The first-order chi connectivity index (χ1) is 8.20. The average Bonchev–Trinajstić information content (AvgIpc) is 2.79. The largest absolute Gasteiger partial charge is 0.480 e. The van der Waals surface area contributed by atoms with Gasteiger partial charge in [-0.25, -0.2) is 0 Å². The zero-order valence-corrected chi connectivity index (χ0v) is 9.43. The molecule has 0 aromatic heterocycles. The quantitative estimate of drug-likeness (QED) is 0.764. The van der Waals surface area contributed by atoms with Crippen molar-refractivity contribution in [3.05, 3.63) is 29.8 Å². The number of methoxy groups -OCH3 is 1. The van der Waals surface area contributed by atoms with Gasteiger partial charge in [-0.2, -0.15) is 0 Å². The van der Waals surface area contributed by atoms with Crippen LogP contribution in [0.1, 0.15) is 5.56 Å². The first kappa shape index (κ1) is 11.4. The summed E-state index contributed by atoms with van der Waals surface area (Å²) in [4.78, 5) is 22.6. The molecule has 0 bridgehead atoms. The topological polar surface area (TPSA) is 64.6 Å². The lowest BCUT2D eigenvalue weighted by Crippen LogP contribution is -2.40. The molecule has 1 amide bonds. The van der Waals surface area contributed by atoms with Crippen LogP contribution in [0.4, 0.5) is 0 Å². The van der Waals surface area contributed by atoms with Crippen molar-refractivity contribution in [2.75, 3.05) is 13.7 Å². The predicted molar refractivity (Wildman–Crippen MR) is 59.6 cm³/mol. The molecule has 5 heteroatoms. The van der Waals surface area contributed by atoms with Crippen molar-refractivity contribution >= 4 is 11.9 Å². The molecule has 0 saturated carbocycles. The Morgan fingerprint density at radius 2 is 2.24 bits per heavy atom. The summed E-state index contributed by atoms with van der Waals surface area (Å²) in [5, 5.41) is 2.47. The lowest BCUT2D eigenvalue weighted by Gasteiger charge is -2.10. The average molecular weight is 235 g/mol. The summed E-state index contributed by atoms with van der Waals surface area (Å²) in [6.07, 6.45) is -0.0273. The standard InChI is InChI=1S/C12H13NO4/c1-16-11(14)7-13-12(15)10-6-8-4-2-3-5-9(8)17-10/h2-5,10H,6-7H2,1H3,(H,13,15)/t10-/m1/s1. The molecule has 1 aliphatic rings. The number of hydrogen-bond acceptors (Lipinski definition) is 4. The van der Waals surface area contributed by atoms with E-state index in [1.807, 2.05) is 24.3 Å². The third-order valence-corrected chi connectivity index (χ3v) is 2.57. The molecule has 0 aliphatic carbocycles. The summed E-state index contributed by atoms with van der Waals surface area (Å²) in [5.41, 5.74) is 1.01. The van der Waals surface area contributed by atoms with Gasteiger partial charge < -0.3 is 14.8 Å². The van der Waals surface area contributed by atoms with Crippen LogP contribution in [-0.2, 0) is 20.7 Å². The summed E-state index contributed by atoms with van der Waals surface area (Å²) in [6, 6.07) is 7.50. The van der Waals surface area contributed by atoms with Crippen molar-refractivity contribution in [3.8, 4) is 5.75 Å². The first-order valence-corrected chi connectivity index (χ1v) is 5.30. The van der Waals surface area contributed by atoms with E-state index in [-0.39, 0.29) is 12.5 Å². The molecule has 0 radical (unpaired) electrons. The van der Waals surface area contributed by atoms with E-state index in [0.29, 0.717) is 6.42 Å². The van der Waals surface area contributed by atoms with Crippen LogP contribution in [0.15, 0.2) is 24.3 Å². The third-order valence-electron chi connectivity index (χ3n) is 2.57. The van der Waals surface area contributed by atoms with Crippen molar-refractivity contribution in [2.24, 2.45) is 0 Å². The van der Waals surface area contributed by atoms with Gasteiger partial charge in [-0.15, -0.1) is 0 Å². The summed E-state index contributed by atoms with van der Waals surface area (Å²) in [6.45, 7) is -0.133. The van der Waals surface area contributed by atoms with Crippen molar-refractivity contribution in [1.29, 1.82) is 0 Å². The number of amides is 1. The number of ether oxygens (including phenoxy) is 2. The second-order valence-corrected chi connectivity index (χ2v) is 3.71. The van der Waals surface area contributed by atoms with Gasteiger partial charge in [0, 0.05) is 6.42 Å². The SMILES string of the molecule is COC(=O)CNC(=O)[C@H]1Cc2ccccc2O1. The maximum atomic E-state index is 11.7. The highest BCUT2D eigenvalue weighted by molar-refractivity contribution is 5.86. The fourth-order valence-corrected chi connectivity index (χ4v) is 1.67. The highest BCUT2D eigenvalue weighted by Gasteiger charge is 2.28. The number of fused-ring (bicyclic) bond motifs is 1. The number of para-hydroxylation sites is 1. The summed E-state index contributed by atoms with van der Waals surface area (Å²) in [7, 11) is 1.27. The zero-order valence-electron chi connectivity index (χ0n) is 9.43. The maximum absolute atomic E-state index is 11.7. The molecule has 1 aromatic carbocycles. The number of rotatable bonds is 3. The Kier molecular flexibility index (Phi) is 3.27. The van der Waals surface area contributed by atoms with Gasteiger partial charge in [0.05, 0.1) is 7.11 Å². The van der Waals surface area contributed by atoms with Crippen LogP contribution in [0, 0.1) is 0 Å². The van der Waals surface area contributed by atoms with Crippen molar-refractivity contribution < 1.29 is 19.1 Å². The molecular weight excluding hydrogens is 222 g/mol. The normalized spacial score (nSPS) is 16.9. The maximum Gasteiger partial charge on any atom is 0.325 e. The highest BCUT2D eigenvalue weighted by Crippen LogP contribution is 2.27. The minimum atomic E-state index is -0.558. The molecule has 5 nitrogen and oxygen atoms in total. The van der Waals surface area contributed by atoms with Gasteiger partial charge in [0.2, 0.25) is 0 Å². The molecule has 0 saturated heterocycles.